The molecule has 2 N–H and O–H groups in total. The van der Waals surface area contributed by atoms with E-state index in [0.717, 1.165) is 22.4 Å². The number of aromatic amines is 1. The number of hydrogen-bond acceptors (Lipinski definition) is 3. The van der Waals surface area contributed by atoms with Crippen molar-refractivity contribution in [1.29, 1.82) is 5.26 Å². The van der Waals surface area contributed by atoms with Gasteiger partial charge in [0, 0.05) is 24.5 Å². The van der Waals surface area contributed by atoms with Crippen LogP contribution in [0.2, 0.25) is 0 Å². The highest BCUT2D eigenvalue weighted by molar-refractivity contribution is 6.03. The van der Waals surface area contributed by atoms with Crippen LogP contribution >= 0.6 is 0 Å². The molecular formula is C20H15N5O. The van der Waals surface area contributed by atoms with Gasteiger partial charge in [0.25, 0.3) is 5.91 Å². The number of aromatic nitrogens is 3. The first-order chi connectivity index (χ1) is 12.6. The largest absolute Gasteiger partial charge is 0.347 e. The molecule has 0 saturated heterocycles. The zero-order valence-electron chi connectivity index (χ0n) is 14.0. The maximum Gasteiger partial charge on any atom is 0.272 e. The van der Waals surface area contributed by atoms with E-state index in [4.69, 9.17) is 5.26 Å². The van der Waals surface area contributed by atoms with Crippen LogP contribution in [-0.2, 0) is 7.05 Å². The number of aryl methyl sites for hydroxylation is 1. The first kappa shape index (κ1) is 15.7. The molecule has 4 rings (SSSR count). The quantitative estimate of drug-likeness (QED) is 0.596. The Morgan fingerprint density at radius 1 is 1.19 bits per heavy atom. The number of H-pyrrole nitrogens is 1. The molecule has 0 radical (unpaired) electrons. The van der Waals surface area contributed by atoms with Gasteiger partial charge in [0.2, 0.25) is 0 Å². The SMILES string of the molecule is Cn1cccc1C(=O)Nc1ccc(-c2nc3cc(C#N)ccc3[nH]2)cc1. The highest BCUT2D eigenvalue weighted by Crippen LogP contribution is 2.23. The third-order valence-electron chi connectivity index (χ3n) is 4.20. The van der Waals surface area contributed by atoms with Crippen molar-refractivity contribution in [2.24, 2.45) is 7.05 Å². The Morgan fingerprint density at radius 2 is 2.00 bits per heavy atom. The number of anilines is 1. The number of carbonyl (C=O) groups excluding carboxylic acids is 1. The molecule has 2 aromatic carbocycles. The van der Waals surface area contributed by atoms with Crippen molar-refractivity contribution in [2.45, 2.75) is 0 Å². The zero-order chi connectivity index (χ0) is 18.1. The smallest absolute Gasteiger partial charge is 0.272 e. The lowest BCUT2D eigenvalue weighted by Gasteiger charge is -2.06. The number of nitriles is 1. The maximum absolute atomic E-state index is 12.3. The fraction of sp³-hybridized carbons (Fsp3) is 0.0500. The average Bonchev–Trinajstić information content (AvgIpc) is 3.27. The van der Waals surface area contributed by atoms with Gasteiger partial charge in [0.15, 0.2) is 0 Å². The van der Waals surface area contributed by atoms with Crippen molar-refractivity contribution >= 4 is 22.6 Å². The minimum absolute atomic E-state index is 0.155. The van der Waals surface area contributed by atoms with Crippen molar-refractivity contribution in [1.82, 2.24) is 14.5 Å². The van der Waals surface area contributed by atoms with Crippen molar-refractivity contribution < 1.29 is 4.79 Å². The molecule has 26 heavy (non-hydrogen) atoms. The summed E-state index contributed by atoms with van der Waals surface area (Å²) in [5.41, 5.74) is 4.41. The number of benzene rings is 2. The van der Waals surface area contributed by atoms with Gasteiger partial charge in [-0.3, -0.25) is 4.79 Å². The van der Waals surface area contributed by atoms with Gasteiger partial charge in [0.1, 0.15) is 11.5 Å². The van der Waals surface area contributed by atoms with Crippen molar-refractivity contribution in [2.75, 3.05) is 5.32 Å². The number of nitrogens with zero attached hydrogens (tertiary/aromatic N) is 3. The van der Waals surface area contributed by atoms with Gasteiger partial charge in [-0.05, 0) is 54.6 Å². The predicted molar refractivity (Wildman–Crippen MR) is 99.6 cm³/mol. The summed E-state index contributed by atoms with van der Waals surface area (Å²) in [7, 11) is 1.83. The molecule has 0 saturated carbocycles. The summed E-state index contributed by atoms with van der Waals surface area (Å²) < 4.78 is 1.77. The third-order valence-corrected chi connectivity index (χ3v) is 4.20. The summed E-state index contributed by atoms with van der Waals surface area (Å²) in [5, 5.41) is 11.9. The third kappa shape index (κ3) is 2.82. The van der Waals surface area contributed by atoms with Gasteiger partial charge in [-0.15, -0.1) is 0 Å². The van der Waals surface area contributed by atoms with Crippen LogP contribution in [0.25, 0.3) is 22.4 Å². The summed E-state index contributed by atoms with van der Waals surface area (Å²) in [5.74, 6) is 0.563. The van der Waals surface area contributed by atoms with E-state index in [1.54, 1.807) is 22.8 Å². The highest BCUT2D eigenvalue weighted by Gasteiger charge is 2.10. The number of imidazole rings is 1. The Kier molecular flexibility index (Phi) is 3.75. The number of hydrogen-bond donors (Lipinski definition) is 2. The second-order valence-electron chi connectivity index (χ2n) is 5.96. The molecule has 0 spiro atoms. The number of carbonyl (C=O) groups is 1. The van der Waals surface area contributed by atoms with Crippen LogP contribution < -0.4 is 5.32 Å². The Hall–Kier alpha value is -3.85. The van der Waals surface area contributed by atoms with Gasteiger partial charge < -0.3 is 14.9 Å². The highest BCUT2D eigenvalue weighted by atomic mass is 16.1. The molecule has 2 aromatic heterocycles. The number of amides is 1. The van der Waals surface area contributed by atoms with Crippen LogP contribution in [0, 0.1) is 11.3 Å². The topological polar surface area (TPSA) is 86.5 Å². The van der Waals surface area contributed by atoms with Gasteiger partial charge in [-0.2, -0.15) is 5.26 Å². The van der Waals surface area contributed by atoms with Crippen molar-refractivity contribution in [3.05, 3.63) is 72.1 Å². The van der Waals surface area contributed by atoms with Crippen molar-refractivity contribution in [3.8, 4) is 17.5 Å². The molecule has 0 bridgehead atoms. The van der Waals surface area contributed by atoms with Gasteiger partial charge >= 0.3 is 0 Å². The van der Waals surface area contributed by atoms with E-state index >= 15 is 0 Å². The summed E-state index contributed by atoms with van der Waals surface area (Å²) >= 11 is 0. The van der Waals surface area contributed by atoms with E-state index in [2.05, 4.69) is 21.4 Å². The molecule has 0 unspecified atom stereocenters. The molecular weight excluding hydrogens is 326 g/mol. The first-order valence-electron chi connectivity index (χ1n) is 8.07. The fourth-order valence-corrected chi connectivity index (χ4v) is 2.82. The Bertz CT molecular complexity index is 1150. The van der Waals surface area contributed by atoms with Gasteiger partial charge in [-0.25, -0.2) is 4.98 Å². The zero-order valence-corrected chi connectivity index (χ0v) is 14.0. The van der Waals surface area contributed by atoms with E-state index in [9.17, 15) is 4.79 Å². The lowest BCUT2D eigenvalue weighted by molar-refractivity contribution is 0.101. The van der Waals surface area contributed by atoms with E-state index in [-0.39, 0.29) is 5.91 Å². The summed E-state index contributed by atoms with van der Waals surface area (Å²) in [6, 6.07) is 18.5. The molecule has 0 atom stereocenters. The molecule has 0 aliphatic heterocycles. The van der Waals surface area contributed by atoms with E-state index in [1.807, 2.05) is 49.6 Å². The molecule has 0 aliphatic carbocycles. The van der Waals surface area contributed by atoms with Crippen LogP contribution in [0.4, 0.5) is 5.69 Å². The van der Waals surface area contributed by atoms with E-state index < -0.39 is 0 Å². The monoisotopic (exact) mass is 341 g/mol. The summed E-state index contributed by atoms with van der Waals surface area (Å²) in [6.07, 6.45) is 1.83. The lowest BCUT2D eigenvalue weighted by atomic mass is 10.2. The summed E-state index contributed by atoms with van der Waals surface area (Å²) in [4.78, 5) is 20.0. The Morgan fingerprint density at radius 3 is 2.69 bits per heavy atom. The standard InChI is InChI=1S/C20H15N5O/c1-25-10-2-3-18(25)20(26)22-15-7-5-14(6-8-15)19-23-16-9-4-13(12-21)11-17(16)24-19/h2-11H,1H3,(H,22,26)(H,23,24). The van der Waals surface area contributed by atoms with Crippen LogP contribution in [0.1, 0.15) is 16.1 Å². The first-order valence-corrected chi connectivity index (χ1v) is 8.07. The van der Waals surface area contributed by atoms with Gasteiger partial charge in [-0.1, -0.05) is 0 Å². The maximum atomic E-state index is 12.3. The number of fused-ring (bicyclic) bond motifs is 1. The van der Waals surface area contributed by atoms with E-state index in [0.29, 0.717) is 16.9 Å². The molecule has 6 nitrogen and oxygen atoms in total. The van der Waals surface area contributed by atoms with Gasteiger partial charge in [0.05, 0.1) is 22.7 Å². The van der Waals surface area contributed by atoms with Crippen LogP contribution in [0.5, 0.6) is 0 Å². The minimum atomic E-state index is -0.155. The Labute approximate surface area is 149 Å². The van der Waals surface area contributed by atoms with Crippen LogP contribution in [0.15, 0.2) is 60.8 Å². The summed E-state index contributed by atoms with van der Waals surface area (Å²) in [6.45, 7) is 0. The van der Waals surface area contributed by atoms with Crippen LogP contribution in [0.3, 0.4) is 0 Å². The second-order valence-corrected chi connectivity index (χ2v) is 5.96. The van der Waals surface area contributed by atoms with Crippen LogP contribution in [-0.4, -0.2) is 20.4 Å². The lowest BCUT2D eigenvalue weighted by Crippen LogP contribution is -2.15. The molecule has 0 fully saturated rings. The number of nitrogens with one attached hydrogen (secondary N) is 2. The molecule has 6 heteroatoms. The molecule has 2 heterocycles. The second kappa shape index (κ2) is 6.22. The van der Waals surface area contributed by atoms with Crippen molar-refractivity contribution in [3.63, 3.8) is 0 Å². The average molecular weight is 341 g/mol. The predicted octanol–water partition coefficient (Wildman–Crippen LogP) is 3.69. The molecule has 4 aromatic rings. The molecule has 0 aliphatic rings. The number of rotatable bonds is 3. The normalized spacial score (nSPS) is 10.6. The molecule has 126 valence electrons. The Balaban J connectivity index is 1.57. The fourth-order valence-electron chi connectivity index (χ4n) is 2.82. The minimum Gasteiger partial charge on any atom is -0.347 e. The van der Waals surface area contributed by atoms with E-state index in [1.165, 1.54) is 0 Å². The molecule has 1 amide bonds.